The second-order valence-electron chi connectivity index (χ2n) is 4.48. The van der Waals surface area contributed by atoms with Gasteiger partial charge in [0.2, 0.25) is 0 Å². The van der Waals surface area contributed by atoms with Gasteiger partial charge in [0.25, 0.3) is 0 Å². The molecule has 2 atom stereocenters. The zero-order chi connectivity index (χ0) is 11.2. The topological polar surface area (TPSA) is 21.3 Å². The average Bonchev–Trinajstić information content (AvgIpc) is 2.74. The second kappa shape index (κ2) is 3.69. The summed E-state index contributed by atoms with van der Waals surface area (Å²) in [4.78, 5) is 0. The highest BCUT2D eigenvalue weighted by atomic mass is 35.5. The van der Waals surface area contributed by atoms with E-state index in [1.807, 2.05) is 18.2 Å². The third-order valence-corrected chi connectivity index (χ3v) is 4.02. The minimum Gasteiger partial charge on any atom is -0.365 e. The van der Waals surface area contributed by atoms with Gasteiger partial charge in [-0.3, -0.25) is 0 Å². The van der Waals surface area contributed by atoms with Gasteiger partial charge < -0.3 is 10.1 Å². The maximum Gasteiger partial charge on any atom is 0.120 e. The highest BCUT2D eigenvalue weighted by Crippen LogP contribution is 2.43. The van der Waals surface area contributed by atoms with Crippen LogP contribution in [-0.4, -0.2) is 25.4 Å². The monoisotopic (exact) mass is 241 g/mol. The van der Waals surface area contributed by atoms with Crippen LogP contribution in [0.3, 0.4) is 0 Å². The normalized spacial score (nSPS) is 32.2. The molecule has 0 spiro atoms. The molecule has 1 aromatic carbocycles. The summed E-state index contributed by atoms with van der Waals surface area (Å²) in [6, 6.07) is 5.81. The van der Waals surface area contributed by atoms with Crippen molar-refractivity contribution < 1.29 is 9.13 Å². The molecule has 2 heterocycles. The van der Waals surface area contributed by atoms with Crippen LogP contribution >= 0.6 is 11.6 Å². The lowest BCUT2D eigenvalue weighted by Gasteiger charge is -2.38. The molecule has 0 unspecified atom stereocenters. The maximum atomic E-state index is 13.2. The van der Waals surface area contributed by atoms with Gasteiger partial charge in [0.05, 0.1) is 6.61 Å². The molecule has 2 aliphatic rings. The lowest BCUT2D eigenvalue weighted by Crippen LogP contribution is -2.45. The predicted octanol–water partition coefficient (Wildman–Crippen LogP) is 2.27. The van der Waals surface area contributed by atoms with Crippen molar-refractivity contribution in [3.05, 3.63) is 34.3 Å². The minimum absolute atomic E-state index is 0.0833. The van der Waals surface area contributed by atoms with Gasteiger partial charge in [0, 0.05) is 24.0 Å². The lowest BCUT2D eigenvalue weighted by atomic mass is 9.81. The van der Waals surface area contributed by atoms with Gasteiger partial charge in [-0.1, -0.05) is 23.7 Å². The molecule has 86 valence electrons. The van der Waals surface area contributed by atoms with Crippen LogP contribution < -0.4 is 5.32 Å². The second-order valence-corrected chi connectivity index (χ2v) is 4.89. The Morgan fingerprint density at radius 1 is 1.56 bits per heavy atom. The fourth-order valence-electron chi connectivity index (χ4n) is 2.73. The predicted molar refractivity (Wildman–Crippen MR) is 60.6 cm³/mol. The Bertz CT molecular complexity index is 425. The molecule has 1 saturated heterocycles. The van der Waals surface area contributed by atoms with Crippen molar-refractivity contribution in [1.82, 2.24) is 5.32 Å². The number of halogens is 2. The van der Waals surface area contributed by atoms with Crippen molar-refractivity contribution in [2.75, 3.05) is 19.8 Å². The van der Waals surface area contributed by atoms with E-state index in [9.17, 15) is 4.39 Å². The number of hydrogen-bond donors (Lipinski definition) is 1. The molecule has 0 radical (unpaired) electrons. The molecule has 1 aromatic rings. The van der Waals surface area contributed by atoms with Crippen LogP contribution in [0.5, 0.6) is 0 Å². The molecule has 1 N–H and O–H groups in total. The molecule has 2 nitrogen and oxygen atoms in total. The number of nitrogens with one attached hydrogen (secondary N) is 1. The number of alkyl halides is 1. The molecule has 0 bridgehead atoms. The number of ether oxygens (including phenoxy) is 1. The van der Waals surface area contributed by atoms with Crippen molar-refractivity contribution in [3.63, 3.8) is 0 Å². The van der Waals surface area contributed by atoms with E-state index in [2.05, 4.69) is 5.32 Å². The Morgan fingerprint density at radius 2 is 2.44 bits per heavy atom. The van der Waals surface area contributed by atoms with Crippen molar-refractivity contribution in [3.8, 4) is 0 Å². The fraction of sp³-hybridized carbons (Fsp3) is 0.500. The van der Waals surface area contributed by atoms with Crippen LogP contribution in [0.25, 0.3) is 0 Å². The van der Waals surface area contributed by atoms with Gasteiger partial charge >= 0.3 is 0 Å². The first-order valence-electron chi connectivity index (χ1n) is 5.45. The third-order valence-electron chi connectivity index (χ3n) is 3.67. The van der Waals surface area contributed by atoms with E-state index in [4.69, 9.17) is 16.3 Å². The van der Waals surface area contributed by atoms with E-state index < -0.39 is 12.3 Å². The molecule has 16 heavy (non-hydrogen) atoms. The van der Waals surface area contributed by atoms with Crippen molar-refractivity contribution in [2.45, 2.75) is 18.1 Å². The standard InChI is InChI=1S/C12H13ClFNO/c13-11-3-1-2-8-9(11)5-16-12(6-14)7-15-4-10(8)12/h1-3,10,15H,4-7H2/t10-,12+/m1/s1. The summed E-state index contributed by atoms with van der Waals surface area (Å²) >= 11 is 6.13. The Morgan fingerprint density at radius 3 is 3.25 bits per heavy atom. The summed E-state index contributed by atoms with van der Waals surface area (Å²) in [7, 11) is 0. The summed E-state index contributed by atoms with van der Waals surface area (Å²) in [5.41, 5.74) is 1.49. The van der Waals surface area contributed by atoms with E-state index >= 15 is 0 Å². The van der Waals surface area contributed by atoms with E-state index in [-0.39, 0.29) is 5.92 Å². The van der Waals surface area contributed by atoms with Crippen LogP contribution in [0.1, 0.15) is 17.0 Å². The molecular weight excluding hydrogens is 229 g/mol. The summed E-state index contributed by atoms with van der Waals surface area (Å²) in [6.45, 7) is 1.31. The summed E-state index contributed by atoms with van der Waals surface area (Å²) in [5.74, 6) is 0.0833. The number of benzene rings is 1. The Hall–Kier alpha value is -0.640. The summed E-state index contributed by atoms with van der Waals surface area (Å²) in [6.07, 6.45) is 0. The zero-order valence-electron chi connectivity index (χ0n) is 8.80. The molecule has 1 fully saturated rings. The van der Waals surface area contributed by atoms with Gasteiger partial charge in [-0.25, -0.2) is 4.39 Å². The zero-order valence-corrected chi connectivity index (χ0v) is 9.56. The molecule has 0 saturated carbocycles. The number of rotatable bonds is 1. The summed E-state index contributed by atoms with van der Waals surface area (Å²) in [5, 5.41) is 3.93. The van der Waals surface area contributed by atoms with Gasteiger partial charge in [-0.15, -0.1) is 0 Å². The van der Waals surface area contributed by atoms with Crippen LogP contribution in [0.15, 0.2) is 18.2 Å². The van der Waals surface area contributed by atoms with E-state index in [1.54, 1.807) is 0 Å². The lowest BCUT2D eigenvalue weighted by molar-refractivity contribution is -0.0789. The third kappa shape index (κ3) is 1.32. The van der Waals surface area contributed by atoms with E-state index in [0.29, 0.717) is 13.2 Å². The Labute approximate surface area is 98.7 Å². The van der Waals surface area contributed by atoms with Gasteiger partial charge in [-0.2, -0.15) is 0 Å². The van der Waals surface area contributed by atoms with Crippen LogP contribution in [0.2, 0.25) is 5.02 Å². The fourth-order valence-corrected chi connectivity index (χ4v) is 2.97. The molecule has 2 aliphatic heterocycles. The van der Waals surface area contributed by atoms with Crippen LogP contribution in [0.4, 0.5) is 4.39 Å². The van der Waals surface area contributed by atoms with Crippen LogP contribution in [0, 0.1) is 0 Å². The first-order valence-corrected chi connectivity index (χ1v) is 5.82. The molecule has 3 rings (SSSR count). The average molecular weight is 242 g/mol. The van der Waals surface area contributed by atoms with Gasteiger partial charge in [-0.05, 0) is 17.2 Å². The largest absolute Gasteiger partial charge is 0.365 e. The quantitative estimate of drug-likeness (QED) is 0.815. The molecular formula is C12H13ClFNO. The van der Waals surface area contributed by atoms with E-state index in [1.165, 1.54) is 0 Å². The minimum atomic E-state index is -0.669. The molecule has 0 aliphatic carbocycles. The first kappa shape index (κ1) is 10.5. The first-order chi connectivity index (χ1) is 7.77. The van der Waals surface area contributed by atoms with E-state index in [0.717, 1.165) is 22.7 Å². The maximum absolute atomic E-state index is 13.2. The SMILES string of the molecule is FC[C@]12CNC[C@@H]1c1cccc(Cl)c1CO2. The number of hydrogen-bond acceptors (Lipinski definition) is 2. The number of fused-ring (bicyclic) bond motifs is 3. The van der Waals surface area contributed by atoms with Crippen molar-refractivity contribution in [1.29, 1.82) is 0 Å². The Balaban J connectivity index is 2.10. The van der Waals surface area contributed by atoms with Gasteiger partial charge in [0.1, 0.15) is 12.3 Å². The highest BCUT2D eigenvalue weighted by molar-refractivity contribution is 6.31. The Kier molecular flexibility index (Phi) is 2.42. The van der Waals surface area contributed by atoms with Crippen molar-refractivity contribution >= 4 is 11.6 Å². The summed E-state index contributed by atoms with van der Waals surface area (Å²) < 4.78 is 18.9. The van der Waals surface area contributed by atoms with Crippen molar-refractivity contribution in [2.24, 2.45) is 0 Å². The molecule has 0 amide bonds. The van der Waals surface area contributed by atoms with Crippen LogP contribution in [-0.2, 0) is 11.3 Å². The van der Waals surface area contributed by atoms with Gasteiger partial charge in [0.15, 0.2) is 0 Å². The molecule has 4 heteroatoms. The smallest absolute Gasteiger partial charge is 0.120 e. The highest BCUT2D eigenvalue weighted by Gasteiger charge is 2.48. The molecule has 0 aromatic heterocycles.